The minimum absolute atomic E-state index is 0. The van der Waals surface area contributed by atoms with Gasteiger partial charge in [-0.25, -0.2) is 0 Å². The Balaban J connectivity index is 0. The summed E-state index contributed by atoms with van der Waals surface area (Å²) < 4.78 is 0. The molecule has 0 atom stereocenters. The summed E-state index contributed by atoms with van der Waals surface area (Å²) in [5.74, 6) is 1.76. The average Bonchev–Trinajstić information content (AvgIpc) is 1.96. The van der Waals surface area contributed by atoms with Crippen molar-refractivity contribution in [3.8, 4) is 0 Å². The van der Waals surface area contributed by atoms with Gasteiger partial charge in [0.15, 0.2) is 0 Å². The summed E-state index contributed by atoms with van der Waals surface area (Å²) in [6, 6.07) is 0. The summed E-state index contributed by atoms with van der Waals surface area (Å²) in [7, 11) is 0. The van der Waals surface area contributed by atoms with Crippen molar-refractivity contribution in [2.75, 3.05) is 0 Å². The van der Waals surface area contributed by atoms with Gasteiger partial charge in [0, 0.05) is 12.8 Å². The average molecular weight is 190 g/mol. The Morgan fingerprint density at radius 1 is 0.923 bits per heavy atom. The topological polar surface area (TPSA) is 17.1 Å². The van der Waals surface area contributed by atoms with E-state index in [1.54, 1.807) is 0 Å². The fourth-order valence-electron chi connectivity index (χ4n) is 1.02. The quantitative estimate of drug-likeness (QED) is 0.625. The van der Waals surface area contributed by atoms with E-state index in [0.29, 0.717) is 17.6 Å². The maximum absolute atomic E-state index is 11.3. The Labute approximate surface area is 81.3 Å². The van der Waals surface area contributed by atoms with Gasteiger partial charge in [-0.1, -0.05) is 27.7 Å². The summed E-state index contributed by atoms with van der Waals surface area (Å²) >= 11 is 0. The normalized spacial score (nSPS) is 10.3. The van der Waals surface area contributed by atoms with Crippen LogP contribution in [0.25, 0.3) is 0 Å². The van der Waals surface area contributed by atoms with Crippen LogP contribution in [0.4, 0.5) is 4.70 Å². The van der Waals surface area contributed by atoms with E-state index in [0.717, 1.165) is 25.7 Å². The molecule has 0 N–H and O–H groups in total. The predicted octanol–water partition coefficient (Wildman–Crippen LogP) is 3.58. The molecule has 0 heterocycles. The molecule has 0 bridgehead atoms. The lowest BCUT2D eigenvalue weighted by molar-refractivity contribution is -0.119. The second kappa shape index (κ2) is 8.21. The molecule has 0 saturated carbocycles. The summed E-state index contributed by atoms with van der Waals surface area (Å²) in [6.07, 6.45) is 3.67. The highest BCUT2D eigenvalue weighted by molar-refractivity contribution is 5.78. The minimum atomic E-state index is 0. The molecule has 0 saturated heterocycles. The number of Topliss-reactive ketones (excluding diaryl/α,β-unsaturated/α-hetero) is 1. The summed E-state index contributed by atoms with van der Waals surface area (Å²) in [6.45, 7) is 8.65. The molecular weight excluding hydrogens is 167 g/mol. The molecule has 0 aliphatic heterocycles. The molecule has 80 valence electrons. The third-order valence-electron chi connectivity index (χ3n) is 2.00. The Kier molecular flexibility index (Phi) is 9.53. The van der Waals surface area contributed by atoms with Crippen LogP contribution in [0.1, 0.15) is 53.4 Å². The van der Waals surface area contributed by atoms with E-state index < -0.39 is 0 Å². The number of carbonyl (C=O) groups excluding carboxylic acids is 1. The van der Waals surface area contributed by atoms with E-state index >= 15 is 0 Å². The molecule has 0 aromatic rings. The molecule has 0 aliphatic carbocycles. The van der Waals surface area contributed by atoms with E-state index in [2.05, 4.69) is 27.7 Å². The van der Waals surface area contributed by atoms with Crippen molar-refractivity contribution in [3.63, 3.8) is 0 Å². The standard InChI is InChI=1S/C11H22O.FH/c1-9(2)5-7-11(12)8-6-10(3)4;/h9-10H,5-8H2,1-4H3;1H. The molecule has 2 heteroatoms. The van der Waals surface area contributed by atoms with Gasteiger partial charge < -0.3 is 0 Å². The summed E-state index contributed by atoms with van der Waals surface area (Å²) in [5, 5.41) is 0. The molecule has 1 nitrogen and oxygen atoms in total. The van der Waals surface area contributed by atoms with Crippen molar-refractivity contribution in [1.29, 1.82) is 0 Å². The summed E-state index contributed by atoms with van der Waals surface area (Å²) in [4.78, 5) is 11.3. The maximum Gasteiger partial charge on any atom is 0.132 e. The molecule has 0 spiro atoms. The smallest absolute Gasteiger partial charge is 0.132 e. The van der Waals surface area contributed by atoms with E-state index in [-0.39, 0.29) is 4.70 Å². The van der Waals surface area contributed by atoms with Crippen LogP contribution in [0.15, 0.2) is 0 Å². The Hall–Kier alpha value is -0.400. The van der Waals surface area contributed by atoms with E-state index in [9.17, 15) is 4.79 Å². The van der Waals surface area contributed by atoms with Crippen LogP contribution >= 0.6 is 0 Å². The zero-order chi connectivity index (χ0) is 9.56. The van der Waals surface area contributed by atoms with Crippen LogP contribution in [0, 0.1) is 11.8 Å². The molecule has 0 aromatic carbocycles. The van der Waals surface area contributed by atoms with Gasteiger partial charge in [-0.05, 0) is 24.7 Å². The van der Waals surface area contributed by atoms with Gasteiger partial charge in [0.2, 0.25) is 0 Å². The van der Waals surface area contributed by atoms with Gasteiger partial charge in [-0.2, -0.15) is 0 Å². The highest BCUT2D eigenvalue weighted by atomic mass is 19.0. The molecule has 0 rings (SSSR count). The first-order valence-corrected chi connectivity index (χ1v) is 5.04. The Bertz CT molecular complexity index is 116. The van der Waals surface area contributed by atoms with Crippen molar-refractivity contribution in [1.82, 2.24) is 0 Å². The second-order valence-electron chi connectivity index (χ2n) is 4.40. The van der Waals surface area contributed by atoms with Crippen LogP contribution in [-0.2, 0) is 4.79 Å². The van der Waals surface area contributed by atoms with E-state index in [1.165, 1.54) is 0 Å². The molecule has 0 aliphatic rings. The highest BCUT2D eigenvalue weighted by Crippen LogP contribution is 2.09. The second-order valence-corrected chi connectivity index (χ2v) is 4.40. The summed E-state index contributed by atoms with van der Waals surface area (Å²) in [5.41, 5.74) is 0. The molecular formula is C11H23FO. The van der Waals surface area contributed by atoms with Crippen molar-refractivity contribution in [3.05, 3.63) is 0 Å². The van der Waals surface area contributed by atoms with Crippen molar-refractivity contribution in [2.24, 2.45) is 11.8 Å². The molecule has 13 heavy (non-hydrogen) atoms. The lowest BCUT2D eigenvalue weighted by atomic mass is 10.0. The van der Waals surface area contributed by atoms with Crippen LogP contribution < -0.4 is 0 Å². The first-order chi connectivity index (χ1) is 5.52. The van der Waals surface area contributed by atoms with Crippen LogP contribution in [0.5, 0.6) is 0 Å². The fourth-order valence-corrected chi connectivity index (χ4v) is 1.02. The largest absolute Gasteiger partial charge is 0.300 e. The third-order valence-corrected chi connectivity index (χ3v) is 2.00. The maximum atomic E-state index is 11.3. The molecule has 0 aromatic heterocycles. The first kappa shape index (κ1) is 15.1. The Morgan fingerprint density at radius 2 is 1.23 bits per heavy atom. The fraction of sp³-hybridized carbons (Fsp3) is 0.909. The number of carbonyl (C=O) groups is 1. The molecule has 0 fully saturated rings. The van der Waals surface area contributed by atoms with Gasteiger partial charge >= 0.3 is 0 Å². The third kappa shape index (κ3) is 11.6. The SMILES string of the molecule is CC(C)CCC(=O)CCC(C)C.F. The highest BCUT2D eigenvalue weighted by Gasteiger charge is 2.04. The Morgan fingerprint density at radius 3 is 1.46 bits per heavy atom. The van der Waals surface area contributed by atoms with E-state index in [4.69, 9.17) is 0 Å². The monoisotopic (exact) mass is 190 g/mol. The van der Waals surface area contributed by atoms with Gasteiger partial charge in [-0.15, -0.1) is 0 Å². The van der Waals surface area contributed by atoms with Crippen molar-refractivity contribution < 1.29 is 9.50 Å². The zero-order valence-corrected chi connectivity index (χ0v) is 9.30. The number of halogens is 1. The molecule has 0 unspecified atom stereocenters. The van der Waals surface area contributed by atoms with Crippen molar-refractivity contribution >= 4 is 5.78 Å². The zero-order valence-electron chi connectivity index (χ0n) is 9.30. The minimum Gasteiger partial charge on any atom is -0.300 e. The van der Waals surface area contributed by atoms with Crippen LogP contribution in [-0.4, -0.2) is 5.78 Å². The number of hydrogen-bond acceptors (Lipinski definition) is 1. The first-order valence-electron chi connectivity index (χ1n) is 5.04. The molecule has 0 amide bonds. The van der Waals surface area contributed by atoms with Gasteiger partial charge in [0.25, 0.3) is 0 Å². The van der Waals surface area contributed by atoms with Gasteiger partial charge in [0.05, 0.1) is 0 Å². The number of rotatable bonds is 6. The number of ketones is 1. The lowest BCUT2D eigenvalue weighted by Crippen LogP contribution is -2.02. The lowest BCUT2D eigenvalue weighted by Gasteiger charge is -2.05. The predicted molar refractivity (Wildman–Crippen MR) is 55.7 cm³/mol. The van der Waals surface area contributed by atoms with Gasteiger partial charge in [-0.3, -0.25) is 9.50 Å². The van der Waals surface area contributed by atoms with Crippen molar-refractivity contribution in [2.45, 2.75) is 53.4 Å². The van der Waals surface area contributed by atoms with Crippen LogP contribution in [0.2, 0.25) is 0 Å². The van der Waals surface area contributed by atoms with Crippen LogP contribution in [0.3, 0.4) is 0 Å². The van der Waals surface area contributed by atoms with Gasteiger partial charge in [0.1, 0.15) is 5.78 Å². The molecule has 0 radical (unpaired) electrons. The number of hydrogen-bond donors (Lipinski definition) is 0. The van der Waals surface area contributed by atoms with E-state index in [1.807, 2.05) is 0 Å².